The Morgan fingerprint density at radius 3 is 2.56 bits per heavy atom. The van der Waals surface area contributed by atoms with Gasteiger partial charge in [0.1, 0.15) is 11.6 Å². The molecule has 8 nitrogen and oxygen atoms in total. The van der Waals surface area contributed by atoms with Gasteiger partial charge in [-0.1, -0.05) is 6.07 Å². The molecule has 1 saturated heterocycles. The van der Waals surface area contributed by atoms with Crippen LogP contribution in [0.3, 0.4) is 0 Å². The lowest BCUT2D eigenvalue weighted by Gasteiger charge is -2.37. The average Bonchev–Trinajstić information content (AvgIpc) is 3.01. The largest absolute Gasteiger partial charge is 0.497 e. The topological polar surface area (TPSA) is 70.8 Å². The summed E-state index contributed by atoms with van der Waals surface area (Å²) >= 11 is 0. The minimum Gasteiger partial charge on any atom is -0.497 e. The van der Waals surface area contributed by atoms with E-state index < -0.39 is 0 Å². The summed E-state index contributed by atoms with van der Waals surface area (Å²) in [6, 6.07) is 8.21. The van der Waals surface area contributed by atoms with Crippen LogP contribution < -0.4 is 15.0 Å². The molecular formula is C18H28IN7O. The summed E-state index contributed by atoms with van der Waals surface area (Å²) in [4.78, 5) is 9.07. The highest BCUT2D eigenvalue weighted by Crippen LogP contribution is 2.22. The predicted octanol–water partition coefficient (Wildman–Crippen LogP) is 1.65. The van der Waals surface area contributed by atoms with Crippen LogP contribution in [0.1, 0.15) is 11.6 Å². The summed E-state index contributed by atoms with van der Waals surface area (Å²) < 4.78 is 7.32. The highest BCUT2D eigenvalue weighted by Gasteiger charge is 2.20. The van der Waals surface area contributed by atoms with Crippen molar-refractivity contribution in [2.24, 2.45) is 12.0 Å². The van der Waals surface area contributed by atoms with Crippen molar-refractivity contribution in [2.45, 2.75) is 13.5 Å². The maximum atomic E-state index is 5.33. The number of rotatable bonds is 4. The number of benzene rings is 1. The minimum absolute atomic E-state index is 0. The van der Waals surface area contributed by atoms with E-state index in [1.54, 1.807) is 7.11 Å². The molecule has 1 aromatic carbocycles. The van der Waals surface area contributed by atoms with Crippen molar-refractivity contribution in [1.82, 2.24) is 25.0 Å². The van der Waals surface area contributed by atoms with Crippen molar-refractivity contribution in [3.05, 3.63) is 35.9 Å². The Hall–Kier alpha value is -2.04. The van der Waals surface area contributed by atoms with Gasteiger partial charge in [0.2, 0.25) is 0 Å². The molecule has 0 bridgehead atoms. The monoisotopic (exact) mass is 485 g/mol. The van der Waals surface area contributed by atoms with Crippen molar-refractivity contribution in [1.29, 1.82) is 0 Å². The lowest BCUT2D eigenvalue weighted by molar-refractivity contribution is 0.371. The molecule has 0 amide bonds. The summed E-state index contributed by atoms with van der Waals surface area (Å²) in [5.74, 6) is 3.60. The van der Waals surface area contributed by atoms with Crippen LogP contribution in [-0.2, 0) is 13.6 Å². The highest BCUT2D eigenvalue weighted by atomic mass is 127. The molecule has 2 aromatic rings. The third-order valence-electron chi connectivity index (χ3n) is 4.80. The Balaban J connectivity index is 0.00000261. The molecule has 1 aromatic heterocycles. The molecule has 27 heavy (non-hydrogen) atoms. The summed E-state index contributed by atoms with van der Waals surface area (Å²) in [5, 5.41) is 11.7. The van der Waals surface area contributed by atoms with Gasteiger partial charge < -0.3 is 24.4 Å². The first-order valence-electron chi connectivity index (χ1n) is 8.82. The van der Waals surface area contributed by atoms with Gasteiger partial charge in [-0.25, -0.2) is 0 Å². The molecule has 1 aliphatic heterocycles. The lowest BCUT2D eigenvalue weighted by atomic mass is 10.2. The second kappa shape index (κ2) is 9.77. The zero-order valence-corrected chi connectivity index (χ0v) is 18.7. The molecule has 0 spiro atoms. The van der Waals surface area contributed by atoms with E-state index in [0.29, 0.717) is 6.54 Å². The number of aryl methyl sites for hydroxylation is 1. The number of aliphatic imine (C=N–C) groups is 1. The fraction of sp³-hybridized carbons (Fsp3) is 0.500. The number of aromatic nitrogens is 3. The second-order valence-corrected chi connectivity index (χ2v) is 6.30. The summed E-state index contributed by atoms with van der Waals surface area (Å²) in [5.41, 5.74) is 1.20. The molecule has 1 fully saturated rings. The molecule has 1 aliphatic rings. The molecule has 148 valence electrons. The lowest BCUT2D eigenvalue weighted by Crippen LogP contribution is -2.52. The van der Waals surface area contributed by atoms with Crippen molar-refractivity contribution in [2.75, 3.05) is 45.2 Å². The Morgan fingerprint density at radius 1 is 1.22 bits per heavy atom. The zero-order chi connectivity index (χ0) is 18.5. The molecule has 0 radical (unpaired) electrons. The van der Waals surface area contributed by atoms with E-state index in [2.05, 4.69) is 42.4 Å². The van der Waals surface area contributed by atoms with E-state index in [1.165, 1.54) is 5.69 Å². The molecule has 0 unspecified atom stereocenters. The number of ether oxygens (including phenoxy) is 1. The van der Waals surface area contributed by atoms with Crippen molar-refractivity contribution < 1.29 is 4.74 Å². The Morgan fingerprint density at radius 2 is 1.96 bits per heavy atom. The number of nitrogens with one attached hydrogen (secondary N) is 1. The van der Waals surface area contributed by atoms with Crippen molar-refractivity contribution in [3.8, 4) is 5.75 Å². The molecule has 2 heterocycles. The van der Waals surface area contributed by atoms with Crippen molar-refractivity contribution in [3.63, 3.8) is 0 Å². The third-order valence-corrected chi connectivity index (χ3v) is 4.80. The van der Waals surface area contributed by atoms with Crippen LogP contribution in [0.25, 0.3) is 0 Å². The first-order valence-corrected chi connectivity index (χ1v) is 8.82. The van der Waals surface area contributed by atoms with Crippen LogP contribution >= 0.6 is 24.0 Å². The Labute approximate surface area is 177 Å². The molecular weight excluding hydrogens is 457 g/mol. The summed E-state index contributed by atoms with van der Waals surface area (Å²) in [6.07, 6.45) is 0. The molecule has 0 aliphatic carbocycles. The van der Waals surface area contributed by atoms with Crippen LogP contribution in [0.2, 0.25) is 0 Å². The van der Waals surface area contributed by atoms with Crippen LogP contribution in [0, 0.1) is 6.92 Å². The minimum atomic E-state index is 0. The maximum Gasteiger partial charge on any atom is 0.194 e. The average molecular weight is 485 g/mol. The molecule has 0 atom stereocenters. The first kappa shape index (κ1) is 21.3. The molecule has 9 heteroatoms. The molecule has 0 saturated carbocycles. The Kier molecular flexibility index (Phi) is 7.69. The van der Waals surface area contributed by atoms with Gasteiger partial charge in [0.25, 0.3) is 0 Å². The highest BCUT2D eigenvalue weighted by molar-refractivity contribution is 14.0. The number of guanidine groups is 1. The van der Waals surface area contributed by atoms with Crippen LogP contribution in [0.5, 0.6) is 5.75 Å². The number of hydrogen-bond donors (Lipinski definition) is 1. The smallest absolute Gasteiger partial charge is 0.194 e. The third kappa shape index (κ3) is 5.02. The van der Waals surface area contributed by atoms with Crippen LogP contribution in [0.15, 0.2) is 29.3 Å². The Bertz CT molecular complexity index is 769. The number of nitrogens with zero attached hydrogens (tertiary/aromatic N) is 6. The number of piperazine rings is 1. The molecule has 1 N–H and O–H groups in total. The number of halogens is 1. The van der Waals surface area contributed by atoms with E-state index in [0.717, 1.165) is 49.5 Å². The number of anilines is 1. The van der Waals surface area contributed by atoms with Gasteiger partial charge >= 0.3 is 0 Å². The normalized spacial score (nSPS) is 14.7. The quantitative estimate of drug-likeness (QED) is 0.404. The van der Waals surface area contributed by atoms with E-state index in [1.807, 2.05) is 37.7 Å². The fourth-order valence-electron chi connectivity index (χ4n) is 3.08. The number of hydrogen-bond acceptors (Lipinski definition) is 5. The van der Waals surface area contributed by atoms with Gasteiger partial charge in [-0.3, -0.25) is 4.99 Å². The summed E-state index contributed by atoms with van der Waals surface area (Å²) in [6.45, 7) is 6.26. The van der Waals surface area contributed by atoms with Gasteiger partial charge in [-0.05, 0) is 19.1 Å². The van der Waals surface area contributed by atoms with Gasteiger partial charge in [0.15, 0.2) is 11.8 Å². The first-order chi connectivity index (χ1) is 12.6. The summed E-state index contributed by atoms with van der Waals surface area (Å²) in [7, 11) is 5.49. The van der Waals surface area contributed by atoms with Gasteiger partial charge in [0, 0.05) is 52.0 Å². The standard InChI is InChI=1S/C18H27N7O.HI/c1-14-21-22-17(23(14)3)13-20-18(19-2)25-10-8-24(9-11-25)15-6-5-7-16(12-15)26-4;/h5-7,12H,8-11,13H2,1-4H3,(H,19,20);1H. The second-order valence-electron chi connectivity index (χ2n) is 6.30. The SMILES string of the molecule is CN=C(NCc1nnc(C)n1C)N1CCN(c2cccc(OC)c2)CC1.I. The van der Waals surface area contributed by atoms with E-state index in [9.17, 15) is 0 Å². The van der Waals surface area contributed by atoms with Gasteiger partial charge in [-0.2, -0.15) is 0 Å². The van der Waals surface area contributed by atoms with E-state index >= 15 is 0 Å². The van der Waals surface area contributed by atoms with Crippen molar-refractivity contribution >= 4 is 35.6 Å². The fourth-order valence-corrected chi connectivity index (χ4v) is 3.08. The van der Waals surface area contributed by atoms with Crippen LogP contribution in [0.4, 0.5) is 5.69 Å². The molecule has 3 rings (SSSR count). The van der Waals surface area contributed by atoms with Gasteiger partial charge in [-0.15, -0.1) is 34.2 Å². The zero-order valence-electron chi connectivity index (χ0n) is 16.3. The predicted molar refractivity (Wildman–Crippen MR) is 118 cm³/mol. The van der Waals surface area contributed by atoms with E-state index in [-0.39, 0.29) is 24.0 Å². The maximum absolute atomic E-state index is 5.33. The number of methoxy groups -OCH3 is 1. The van der Waals surface area contributed by atoms with Crippen LogP contribution in [-0.4, -0.2) is 66.0 Å². The van der Waals surface area contributed by atoms with E-state index in [4.69, 9.17) is 4.74 Å². The van der Waals surface area contributed by atoms with Gasteiger partial charge in [0.05, 0.1) is 13.7 Å².